The van der Waals surface area contributed by atoms with Crippen molar-refractivity contribution in [3.8, 4) is 0 Å². The molecule has 0 saturated heterocycles. The van der Waals surface area contributed by atoms with Crippen LogP contribution >= 0.6 is 0 Å². The van der Waals surface area contributed by atoms with E-state index in [1.807, 2.05) is 20.8 Å². The molecule has 1 fully saturated rings. The van der Waals surface area contributed by atoms with Gasteiger partial charge in [-0.25, -0.2) is 0 Å². The van der Waals surface area contributed by atoms with Crippen molar-refractivity contribution in [3.05, 3.63) is 0 Å². The lowest BCUT2D eigenvalue weighted by atomic mass is 9.64. The van der Waals surface area contributed by atoms with Gasteiger partial charge in [0.25, 0.3) is 0 Å². The molecule has 0 aliphatic heterocycles. The molecular weight excluding hydrogens is 231 g/mol. The van der Waals surface area contributed by atoms with Crippen molar-refractivity contribution in [1.82, 2.24) is 5.32 Å². The molecule has 102 valence electrons. The van der Waals surface area contributed by atoms with E-state index in [1.54, 1.807) is 0 Å². The van der Waals surface area contributed by atoms with Gasteiger partial charge in [-0.3, -0.25) is 0 Å². The first-order valence-corrected chi connectivity index (χ1v) is 6.00. The van der Waals surface area contributed by atoms with Crippen LogP contribution in [0.2, 0.25) is 0 Å². The van der Waals surface area contributed by atoms with Gasteiger partial charge in [0.05, 0.1) is 13.2 Å². The molecule has 1 rings (SSSR count). The van der Waals surface area contributed by atoms with Crippen LogP contribution in [0, 0.1) is 11.3 Å². The molecule has 2 N–H and O–H groups in total. The Labute approximate surface area is 101 Å². The molecule has 0 heterocycles. The smallest absolute Gasteiger partial charge is 0.394 e. The molecule has 0 amide bonds. The average Bonchev–Trinajstić information content (AvgIpc) is 2.10. The summed E-state index contributed by atoms with van der Waals surface area (Å²) in [4.78, 5) is 0. The molecular formula is C12H22F3NO. The Morgan fingerprint density at radius 3 is 2.29 bits per heavy atom. The third-order valence-corrected chi connectivity index (χ3v) is 3.42. The van der Waals surface area contributed by atoms with E-state index in [1.165, 1.54) is 0 Å². The maximum atomic E-state index is 12.3. The molecule has 0 spiro atoms. The summed E-state index contributed by atoms with van der Waals surface area (Å²) in [6.45, 7) is 4.85. The number of hydrogen-bond acceptors (Lipinski definition) is 2. The standard InChI is InChI=1S/C12H22F3NO/c1-9-4-10(2,3)6-11(5-9,8-17)16-7-12(13,14)15/h9,16-17H,4-8H2,1-3H3. The van der Waals surface area contributed by atoms with Crippen molar-refractivity contribution >= 4 is 0 Å². The van der Waals surface area contributed by atoms with Gasteiger partial charge in [-0.1, -0.05) is 20.8 Å². The Hall–Kier alpha value is -0.290. The molecule has 2 atom stereocenters. The summed E-state index contributed by atoms with van der Waals surface area (Å²) >= 11 is 0. The first-order chi connectivity index (χ1) is 7.58. The molecule has 0 aromatic heterocycles. The van der Waals surface area contributed by atoms with Crippen molar-refractivity contribution in [2.24, 2.45) is 11.3 Å². The summed E-state index contributed by atoms with van der Waals surface area (Å²) in [5.41, 5.74) is -0.810. The number of aliphatic hydroxyl groups excluding tert-OH is 1. The second-order valence-electron chi connectivity index (χ2n) is 6.26. The maximum absolute atomic E-state index is 12.3. The van der Waals surface area contributed by atoms with Crippen molar-refractivity contribution < 1.29 is 18.3 Å². The second-order valence-corrected chi connectivity index (χ2v) is 6.26. The highest BCUT2D eigenvalue weighted by atomic mass is 19.4. The van der Waals surface area contributed by atoms with Gasteiger partial charge in [-0.05, 0) is 30.6 Å². The molecule has 0 bridgehead atoms. The van der Waals surface area contributed by atoms with Crippen LogP contribution in [0.25, 0.3) is 0 Å². The fourth-order valence-corrected chi connectivity index (χ4v) is 3.34. The molecule has 2 nitrogen and oxygen atoms in total. The van der Waals surface area contributed by atoms with Crippen molar-refractivity contribution in [1.29, 1.82) is 0 Å². The Morgan fingerprint density at radius 1 is 1.29 bits per heavy atom. The molecule has 17 heavy (non-hydrogen) atoms. The SMILES string of the molecule is CC1CC(C)(C)CC(CO)(NCC(F)(F)F)C1. The minimum atomic E-state index is -4.23. The van der Waals surface area contributed by atoms with Gasteiger partial charge in [-0.15, -0.1) is 0 Å². The number of aliphatic hydroxyl groups is 1. The van der Waals surface area contributed by atoms with Gasteiger partial charge in [-0.2, -0.15) is 13.2 Å². The van der Waals surface area contributed by atoms with E-state index in [9.17, 15) is 18.3 Å². The number of alkyl halides is 3. The minimum Gasteiger partial charge on any atom is -0.394 e. The number of nitrogens with one attached hydrogen (secondary N) is 1. The highest BCUT2D eigenvalue weighted by Gasteiger charge is 2.44. The summed E-state index contributed by atoms with van der Waals surface area (Å²) in [5, 5.41) is 12.0. The molecule has 1 saturated carbocycles. The highest BCUT2D eigenvalue weighted by Crippen LogP contribution is 2.43. The molecule has 1 aliphatic rings. The van der Waals surface area contributed by atoms with E-state index in [-0.39, 0.29) is 12.0 Å². The monoisotopic (exact) mass is 253 g/mol. The van der Waals surface area contributed by atoms with Gasteiger partial charge in [0.15, 0.2) is 0 Å². The zero-order valence-corrected chi connectivity index (χ0v) is 10.7. The van der Waals surface area contributed by atoms with Crippen molar-refractivity contribution in [2.75, 3.05) is 13.2 Å². The highest BCUT2D eigenvalue weighted by molar-refractivity contribution is 4.98. The Morgan fingerprint density at radius 2 is 1.88 bits per heavy atom. The van der Waals surface area contributed by atoms with Crippen molar-refractivity contribution in [3.63, 3.8) is 0 Å². The molecule has 5 heteroatoms. The van der Waals surface area contributed by atoms with Crippen LogP contribution in [0.15, 0.2) is 0 Å². The largest absolute Gasteiger partial charge is 0.401 e. The van der Waals surface area contributed by atoms with E-state index in [2.05, 4.69) is 5.32 Å². The summed E-state index contributed by atoms with van der Waals surface area (Å²) in [7, 11) is 0. The predicted molar refractivity (Wildman–Crippen MR) is 60.7 cm³/mol. The normalized spacial score (nSPS) is 33.7. The Balaban J connectivity index is 2.73. The van der Waals surface area contributed by atoms with E-state index < -0.39 is 18.3 Å². The van der Waals surface area contributed by atoms with Crippen LogP contribution in [-0.2, 0) is 0 Å². The van der Waals surface area contributed by atoms with Gasteiger partial charge in [0, 0.05) is 5.54 Å². The maximum Gasteiger partial charge on any atom is 0.401 e. The quantitative estimate of drug-likeness (QED) is 0.810. The number of rotatable bonds is 3. The summed E-state index contributed by atoms with van der Waals surface area (Å²) in [6.07, 6.45) is -2.06. The van der Waals surface area contributed by atoms with Crippen LogP contribution in [-0.4, -0.2) is 30.0 Å². The van der Waals surface area contributed by atoms with Crippen LogP contribution in [0.1, 0.15) is 40.0 Å². The van der Waals surface area contributed by atoms with E-state index in [4.69, 9.17) is 0 Å². The lowest BCUT2D eigenvalue weighted by molar-refractivity contribution is -0.133. The zero-order valence-electron chi connectivity index (χ0n) is 10.7. The predicted octanol–water partition coefficient (Wildman–Crippen LogP) is 2.72. The first kappa shape index (κ1) is 14.8. The number of hydrogen-bond donors (Lipinski definition) is 2. The lowest BCUT2D eigenvalue weighted by Gasteiger charge is -2.47. The van der Waals surface area contributed by atoms with Gasteiger partial charge < -0.3 is 10.4 Å². The zero-order chi connectivity index (χ0) is 13.3. The topological polar surface area (TPSA) is 32.3 Å². The molecule has 0 aromatic carbocycles. The fraction of sp³-hybridized carbons (Fsp3) is 1.00. The van der Waals surface area contributed by atoms with Gasteiger partial charge >= 0.3 is 6.18 Å². The molecule has 0 radical (unpaired) electrons. The van der Waals surface area contributed by atoms with Crippen LogP contribution in [0.5, 0.6) is 0 Å². The third kappa shape index (κ3) is 4.47. The first-order valence-electron chi connectivity index (χ1n) is 6.00. The van der Waals surface area contributed by atoms with E-state index >= 15 is 0 Å². The van der Waals surface area contributed by atoms with Gasteiger partial charge in [0.1, 0.15) is 0 Å². The fourth-order valence-electron chi connectivity index (χ4n) is 3.34. The molecule has 1 aliphatic carbocycles. The Bertz CT molecular complexity index is 265. The molecule has 2 unspecified atom stereocenters. The van der Waals surface area contributed by atoms with Crippen LogP contribution in [0.4, 0.5) is 13.2 Å². The van der Waals surface area contributed by atoms with E-state index in [0.29, 0.717) is 18.8 Å². The van der Waals surface area contributed by atoms with Crippen LogP contribution in [0.3, 0.4) is 0 Å². The van der Waals surface area contributed by atoms with Crippen molar-refractivity contribution in [2.45, 2.75) is 51.7 Å². The number of halogens is 3. The lowest BCUT2D eigenvalue weighted by Crippen LogP contribution is -2.57. The van der Waals surface area contributed by atoms with E-state index in [0.717, 1.165) is 6.42 Å². The summed E-state index contributed by atoms with van der Waals surface area (Å²) in [6, 6.07) is 0. The molecule has 0 aromatic rings. The average molecular weight is 253 g/mol. The summed E-state index contributed by atoms with van der Waals surface area (Å²) in [5.74, 6) is 0.326. The van der Waals surface area contributed by atoms with Crippen LogP contribution < -0.4 is 5.32 Å². The minimum absolute atomic E-state index is 0.0288. The second kappa shape index (κ2) is 4.76. The van der Waals surface area contributed by atoms with Gasteiger partial charge in [0.2, 0.25) is 0 Å². The third-order valence-electron chi connectivity index (χ3n) is 3.42. The Kier molecular flexibility index (Phi) is 4.14. The summed E-state index contributed by atoms with van der Waals surface area (Å²) < 4.78 is 36.8.